The maximum Gasteiger partial charge on any atom is 0.270 e. The van der Waals surface area contributed by atoms with Crippen LogP contribution in [0.3, 0.4) is 0 Å². The van der Waals surface area contributed by atoms with Crippen LogP contribution in [0.1, 0.15) is 50.4 Å². The van der Waals surface area contributed by atoms with Crippen LogP contribution in [0, 0.1) is 20.9 Å². The number of hydrogen-bond acceptors (Lipinski definition) is 3. The van der Waals surface area contributed by atoms with Crippen LogP contribution in [-0.2, 0) is 0 Å². The highest BCUT2D eigenvalue weighted by Crippen LogP contribution is 2.52. The molecule has 1 aromatic carbocycles. The highest BCUT2D eigenvalue weighted by atomic mass is 16.6. The Morgan fingerprint density at radius 1 is 1.32 bits per heavy atom. The van der Waals surface area contributed by atoms with E-state index in [1.54, 1.807) is 12.1 Å². The van der Waals surface area contributed by atoms with Crippen molar-refractivity contribution in [3.63, 3.8) is 0 Å². The van der Waals surface area contributed by atoms with E-state index in [9.17, 15) is 14.9 Å². The first-order valence-corrected chi connectivity index (χ1v) is 7.75. The van der Waals surface area contributed by atoms with E-state index < -0.39 is 4.92 Å². The van der Waals surface area contributed by atoms with Crippen molar-refractivity contribution in [1.29, 1.82) is 0 Å². The fourth-order valence-corrected chi connectivity index (χ4v) is 4.62. The second-order valence-electron chi connectivity index (χ2n) is 7.95. The molecule has 0 radical (unpaired) electrons. The van der Waals surface area contributed by atoms with E-state index >= 15 is 0 Å². The summed E-state index contributed by atoms with van der Waals surface area (Å²) in [5, 5.41) is 10.9. The molecule has 3 rings (SSSR count). The van der Waals surface area contributed by atoms with Crippen molar-refractivity contribution >= 4 is 11.6 Å². The zero-order chi connectivity index (χ0) is 16.1. The number of hydrogen-bond donors (Lipinski definition) is 0. The Kier molecular flexibility index (Phi) is 3.27. The second kappa shape index (κ2) is 4.80. The third-order valence-electron chi connectivity index (χ3n) is 4.98. The molecule has 0 N–H and O–H groups in total. The number of amides is 1. The zero-order valence-corrected chi connectivity index (χ0v) is 13.3. The van der Waals surface area contributed by atoms with Crippen molar-refractivity contribution in [2.45, 2.75) is 46.1 Å². The maximum absolute atomic E-state index is 12.8. The third kappa shape index (κ3) is 2.60. The SMILES string of the molecule is CC1(C)C[C@H]2C[C@@](C)(CN2C(=O)c2cccc([N+](=O)[O-])c2)C1. The smallest absolute Gasteiger partial charge is 0.270 e. The van der Waals surface area contributed by atoms with E-state index in [1.165, 1.54) is 12.1 Å². The van der Waals surface area contributed by atoms with Gasteiger partial charge in [0.05, 0.1) is 4.92 Å². The molecule has 5 nitrogen and oxygen atoms in total. The zero-order valence-electron chi connectivity index (χ0n) is 13.3. The summed E-state index contributed by atoms with van der Waals surface area (Å²) < 4.78 is 0. The van der Waals surface area contributed by atoms with Gasteiger partial charge >= 0.3 is 0 Å². The van der Waals surface area contributed by atoms with E-state index in [4.69, 9.17) is 0 Å². The van der Waals surface area contributed by atoms with E-state index in [2.05, 4.69) is 20.8 Å². The van der Waals surface area contributed by atoms with E-state index in [1.807, 2.05) is 4.90 Å². The van der Waals surface area contributed by atoms with Crippen LogP contribution in [0.15, 0.2) is 24.3 Å². The molecule has 1 aromatic rings. The topological polar surface area (TPSA) is 63.5 Å². The van der Waals surface area contributed by atoms with Gasteiger partial charge in [-0.25, -0.2) is 0 Å². The van der Waals surface area contributed by atoms with Gasteiger partial charge < -0.3 is 4.90 Å². The number of fused-ring (bicyclic) bond motifs is 2. The van der Waals surface area contributed by atoms with E-state index in [0.717, 1.165) is 25.8 Å². The largest absolute Gasteiger partial charge is 0.335 e. The van der Waals surface area contributed by atoms with Crippen molar-refractivity contribution in [2.75, 3.05) is 6.54 Å². The summed E-state index contributed by atoms with van der Waals surface area (Å²) >= 11 is 0. The average molecular weight is 302 g/mol. The Balaban J connectivity index is 1.87. The summed E-state index contributed by atoms with van der Waals surface area (Å²) in [5.41, 5.74) is 0.806. The standard InChI is InChI=1S/C17H22N2O3/c1-16(2)8-14-9-17(3,10-16)11-18(14)15(20)12-5-4-6-13(7-12)19(21)22/h4-7,14H,8-11H2,1-3H3/t14-,17+/m0/s1. The Labute approximate surface area is 130 Å². The van der Waals surface area contributed by atoms with E-state index in [0.29, 0.717) is 5.56 Å². The number of nitro benzene ring substituents is 1. The Morgan fingerprint density at radius 2 is 2.05 bits per heavy atom. The van der Waals surface area contributed by atoms with Gasteiger partial charge in [-0.1, -0.05) is 26.8 Å². The molecule has 1 saturated carbocycles. The molecule has 0 spiro atoms. The minimum Gasteiger partial charge on any atom is -0.335 e. The summed E-state index contributed by atoms with van der Waals surface area (Å²) in [6, 6.07) is 6.31. The molecule has 1 amide bonds. The molecule has 118 valence electrons. The molecule has 2 fully saturated rings. The fraction of sp³-hybridized carbons (Fsp3) is 0.588. The van der Waals surface area contributed by atoms with Crippen LogP contribution in [-0.4, -0.2) is 28.3 Å². The molecule has 0 unspecified atom stereocenters. The number of benzene rings is 1. The van der Waals surface area contributed by atoms with Crippen LogP contribution in [0.5, 0.6) is 0 Å². The highest BCUT2D eigenvalue weighted by molar-refractivity contribution is 5.95. The Morgan fingerprint density at radius 3 is 2.73 bits per heavy atom. The molecule has 1 heterocycles. The number of carbonyl (C=O) groups excluding carboxylic acids is 1. The number of non-ortho nitro benzene ring substituents is 1. The fourth-order valence-electron chi connectivity index (χ4n) is 4.62. The molecule has 5 heteroatoms. The van der Waals surface area contributed by atoms with Gasteiger partial charge in [-0.3, -0.25) is 14.9 Å². The lowest BCUT2D eigenvalue weighted by Crippen LogP contribution is -2.37. The van der Waals surface area contributed by atoms with Crippen molar-refractivity contribution < 1.29 is 9.72 Å². The molecule has 1 saturated heterocycles. The molecule has 0 aromatic heterocycles. The lowest BCUT2D eigenvalue weighted by Gasteiger charge is -2.39. The molecule has 2 aliphatic rings. The van der Waals surface area contributed by atoms with Gasteiger partial charge in [0.25, 0.3) is 11.6 Å². The lowest BCUT2D eigenvalue weighted by atomic mass is 9.65. The first kappa shape index (κ1) is 15.0. The van der Waals surface area contributed by atoms with Gasteiger partial charge in [0.15, 0.2) is 0 Å². The number of carbonyl (C=O) groups is 1. The molecular weight excluding hydrogens is 280 g/mol. The first-order chi connectivity index (χ1) is 10.2. The highest BCUT2D eigenvalue weighted by Gasteiger charge is 2.51. The summed E-state index contributed by atoms with van der Waals surface area (Å²) in [7, 11) is 0. The average Bonchev–Trinajstić information content (AvgIpc) is 2.67. The Hall–Kier alpha value is -1.91. The van der Waals surface area contributed by atoms with Gasteiger partial charge in [-0.2, -0.15) is 0 Å². The predicted molar refractivity (Wildman–Crippen MR) is 83.7 cm³/mol. The van der Waals surface area contributed by atoms with Gasteiger partial charge in [-0.05, 0) is 36.2 Å². The first-order valence-electron chi connectivity index (χ1n) is 7.75. The number of nitro groups is 1. The molecule has 2 atom stereocenters. The minimum absolute atomic E-state index is 0.0282. The second-order valence-corrected chi connectivity index (χ2v) is 7.95. The molecule has 22 heavy (non-hydrogen) atoms. The van der Waals surface area contributed by atoms with Crippen LogP contribution in [0.4, 0.5) is 5.69 Å². The van der Waals surface area contributed by atoms with Gasteiger partial charge in [0, 0.05) is 30.3 Å². The predicted octanol–water partition coefficient (Wildman–Crippen LogP) is 3.64. The van der Waals surface area contributed by atoms with Crippen LogP contribution in [0.2, 0.25) is 0 Å². The van der Waals surface area contributed by atoms with Crippen molar-refractivity contribution in [3.8, 4) is 0 Å². The van der Waals surface area contributed by atoms with Gasteiger partial charge in [0.2, 0.25) is 0 Å². The van der Waals surface area contributed by atoms with Gasteiger partial charge in [-0.15, -0.1) is 0 Å². The van der Waals surface area contributed by atoms with E-state index in [-0.39, 0.29) is 28.5 Å². The summed E-state index contributed by atoms with van der Waals surface area (Å²) in [4.78, 5) is 25.2. The van der Waals surface area contributed by atoms with Crippen LogP contribution >= 0.6 is 0 Å². The monoisotopic (exact) mass is 302 g/mol. The summed E-state index contributed by atoms with van der Waals surface area (Å²) in [6.07, 6.45) is 3.16. The van der Waals surface area contributed by atoms with Crippen molar-refractivity contribution in [3.05, 3.63) is 39.9 Å². The van der Waals surface area contributed by atoms with Crippen molar-refractivity contribution in [1.82, 2.24) is 4.90 Å². The van der Waals surface area contributed by atoms with Crippen molar-refractivity contribution in [2.24, 2.45) is 10.8 Å². The maximum atomic E-state index is 12.8. The number of rotatable bonds is 2. The summed E-state index contributed by atoms with van der Waals surface area (Å²) in [6.45, 7) is 7.53. The quantitative estimate of drug-likeness (QED) is 0.619. The molecule has 2 bridgehead atoms. The molecule has 1 aliphatic heterocycles. The number of likely N-dealkylation sites (tertiary alicyclic amines) is 1. The van der Waals surface area contributed by atoms with Crippen LogP contribution in [0.25, 0.3) is 0 Å². The molecular formula is C17H22N2O3. The van der Waals surface area contributed by atoms with Gasteiger partial charge in [0.1, 0.15) is 0 Å². The third-order valence-corrected chi connectivity index (χ3v) is 4.98. The van der Waals surface area contributed by atoms with Crippen LogP contribution < -0.4 is 0 Å². The molecule has 1 aliphatic carbocycles. The Bertz CT molecular complexity index is 641. The lowest BCUT2D eigenvalue weighted by molar-refractivity contribution is -0.384. The normalized spacial score (nSPS) is 29.4. The minimum atomic E-state index is -0.455. The number of nitrogens with zero attached hydrogens (tertiary/aromatic N) is 2. The summed E-state index contributed by atoms with van der Waals surface area (Å²) in [5.74, 6) is -0.0740.